The van der Waals surface area contributed by atoms with Crippen LogP contribution in [0.1, 0.15) is 71.1 Å². The molecule has 0 spiro atoms. The summed E-state index contributed by atoms with van der Waals surface area (Å²) in [6, 6.07) is 0. The van der Waals surface area contributed by atoms with E-state index in [1.165, 1.54) is 38.5 Å². The average Bonchev–Trinajstić information content (AvgIpc) is 2.85. The molecule has 0 radical (unpaired) electrons. The summed E-state index contributed by atoms with van der Waals surface area (Å²) in [7, 11) is 0. The van der Waals surface area contributed by atoms with E-state index in [0.29, 0.717) is 6.42 Å². The maximum absolute atomic E-state index is 10.5. The Hall–Kier alpha value is -0.440. The number of rotatable bonds is 14. The van der Waals surface area contributed by atoms with Gasteiger partial charge in [-0.25, -0.2) is 0 Å². The molecule has 12 atom stereocenters. The topological polar surface area (TPSA) is 201 Å². The second kappa shape index (κ2) is 15.1. The van der Waals surface area contributed by atoms with Crippen molar-refractivity contribution < 1.29 is 55.4 Å². The fraction of sp³-hybridized carbons (Fsp3) is 1.00. The van der Waals surface area contributed by atoms with Gasteiger partial charge in [0.25, 0.3) is 0 Å². The molecule has 0 aromatic rings. The summed E-state index contributed by atoms with van der Waals surface area (Å²) >= 11 is 0. The molecule has 208 valence electrons. The standard InChI is InChI=1S/C24H46O11/c1-2-3-4-5-6-7-8-9-10-11-12-34-22-18(30)20(32)24(21(33)19(22)31)35-23-16(28)14(26)13(25)15(27)17(23)29/h13-33H,2-12H2,1H3/t13?,14-,15+,16+,17-,18-,19+,20-,21+,22?,23?,24?. The summed E-state index contributed by atoms with van der Waals surface area (Å²) in [6.07, 6.45) is -9.41. The van der Waals surface area contributed by atoms with E-state index in [2.05, 4.69) is 6.92 Å². The van der Waals surface area contributed by atoms with E-state index in [4.69, 9.17) is 9.47 Å². The number of hydrogen-bond acceptors (Lipinski definition) is 11. The summed E-state index contributed by atoms with van der Waals surface area (Å²) < 4.78 is 10.9. The first-order valence-electron chi connectivity index (χ1n) is 13.0. The molecular weight excluding hydrogens is 464 g/mol. The van der Waals surface area contributed by atoms with Gasteiger partial charge in [0.05, 0.1) is 0 Å². The first kappa shape index (κ1) is 30.8. The van der Waals surface area contributed by atoms with E-state index < -0.39 is 73.2 Å². The van der Waals surface area contributed by atoms with Crippen LogP contribution in [0, 0.1) is 0 Å². The van der Waals surface area contributed by atoms with Crippen LogP contribution < -0.4 is 0 Å². The maximum atomic E-state index is 10.5. The molecule has 2 aliphatic rings. The molecule has 0 aliphatic heterocycles. The Morgan fingerprint density at radius 3 is 1.14 bits per heavy atom. The van der Waals surface area contributed by atoms with Crippen molar-refractivity contribution >= 4 is 0 Å². The molecule has 9 N–H and O–H groups in total. The molecule has 0 heterocycles. The van der Waals surface area contributed by atoms with E-state index in [0.717, 1.165) is 19.3 Å². The summed E-state index contributed by atoms with van der Waals surface area (Å²) in [6.45, 7) is 2.41. The zero-order valence-corrected chi connectivity index (χ0v) is 20.5. The fourth-order valence-electron chi connectivity index (χ4n) is 4.89. The minimum atomic E-state index is -1.86. The van der Waals surface area contributed by atoms with Crippen molar-refractivity contribution in [1.29, 1.82) is 0 Å². The molecule has 11 heteroatoms. The van der Waals surface area contributed by atoms with Crippen molar-refractivity contribution in [3.8, 4) is 0 Å². The molecule has 35 heavy (non-hydrogen) atoms. The lowest BCUT2D eigenvalue weighted by atomic mass is 9.82. The van der Waals surface area contributed by atoms with Crippen LogP contribution in [-0.2, 0) is 9.47 Å². The highest BCUT2D eigenvalue weighted by Crippen LogP contribution is 2.31. The molecule has 2 saturated carbocycles. The van der Waals surface area contributed by atoms with Crippen molar-refractivity contribution in [3.05, 3.63) is 0 Å². The van der Waals surface area contributed by atoms with Crippen LogP contribution in [0.25, 0.3) is 0 Å². The molecule has 2 fully saturated rings. The highest BCUT2D eigenvalue weighted by molar-refractivity contribution is 5.04. The molecule has 0 aromatic heterocycles. The molecule has 0 amide bonds. The predicted molar refractivity (Wildman–Crippen MR) is 124 cm³/mol. The number of aliphatic hydroxyl groups is 9. The van der Waals surface area contributed by atoms with Crippen LogP contribution in [0.4, 0.5) is 0 Å². The fourth-order valence-corrected chi connectivity index (χ4v) is 4.89. The third-order valence-electron chi connectivity index (χ3n) is 7.24. The molecule has 2 aliphatic carbocycles. The van der Waals surface area contributed by atoms with Crippen LogP contribution in [0.2, 0.25) is 0 Å². The number of aliphatic hydroxyl groups excluding tert-OH is 9. The molecule has 4 unspecified atom stereocenters. The SMILES string of the molecule is CCCCCCCCCCCCOC1[C@@H](O)[C@H](O)C(OC2[C@@H](O)[C@H](O)C(O)[C@H](O)[C@H]2O)[C@H](O)[C@H]1O. The van der Waals surface area contributed by atoms with Gasteiger partial charge in [0.1, 0.15) is 73.2 Å². The van der Waals surface area contributed by atoms with Crippen LogP contribution in [0.5, 0.6) is 0 Å². The molecule has 0 bridgehead atoms. The smallest absolute Gasteiger partial charge is 0.115 e. The predicted octanol–water partition coefficient (Wildman–Crippen LogP) is -1.68. The van der Waals surface area contributed by atoms with Crippen molar-refractivity contribution in [1.82, 2.24) is 0 Å². The monoisotopic (exact) mass is 510 g/mol. The number of hydrogen-bond donors (Lipinski definition) is 9. The molecule has 0 aromatic carbocycles. The van der Waals surface area contributed by atoms with Gasteiger partial charge >= 0.3 is 0 Å². The second-order valence-corrected chi connectivity index (χ2v) is 10.00. The minimum absolute atomic E-state index is 0.219. The largest absolute Gasteiger partial charge is 0.387 e. The zero-order valence-electron chi connectivity index (χ0n) is 20.5. The Labute approximate surface area is 206 Å². The van der Waals surface area contributed by atoms with Gasteiger partial charge in [-0.15, -0.1) is 0 Å². The highest BCUT2D eigenvalue weighted by Gasteiger charge is 2.55. The lowest BCUT2D eigenvalue weighted by Crippen LogP contribution is -2.69. The summed E-state index contributed by atoms with van der Waals surface area (Å²) in [4.78, 5) is 0. The van der Waals surface area contributed by atoms with Gasteiger partial charge in [-0.1, -0.05) is 64.7 Å². The van der Waals surface area contributed by atoms with Crippen LogP contribution in [0.3, 0.4) is 0 Å². The average molecular weight is 511 g/mol. The molecular formula is C24H46O11. The number of unbranched alkanes of at least 4 members (excludes halogenated alkanes) is 9. The molecule has 0 saturated heterocycles. The van der Waals surface area contributed by atoms with E-state index in [1.807, 2.05) is 0 Å². The summed E-state index contributed by atoms with van der Waals surface area (Å²) in [5.41, 5.74) is 0. The quantitative estimate of drug-likeness (QED) is 0.121. The Morgan fingerprint density at radius 2 is 0.714 bits per heavy atom. The maximum Gasteiger partial charge on any atom is 0.115 e. The van der Waals surface area contributed by atoms with Gasteiger partial charge in [0.15, 0.2) is 0 Å². The van der Waals surface area contributed by atoms with Gasteiger partial charge < -0.3 is 55.4 Å². The van der Waals surface area contributed by atoms with E-state index in [1.54, 1.807) is 0 Å². The Bertz CT molecular complexity index is 550. The van der Waals surface area contributed by atoms with E-state index in [-0.39, 0.29) is 6.61 Å². The third kappa shape index (κ3) is 8.02. The highest BCUT2D eigenvalue weighted by atomic mass is 16.6. The normalized spacial score (nSPS) is 42.3. The van der Waals surface area contributed by atoms with Gasteiger partial charge in [-0.05, 0) is 6.42 Å². The van der Waals surface area contributed by atoms with Gasteiger partial charge in [-0.3, -0.25) is 0 Å². The Kier molecular flexibility index (Phi) is 13.3. The molecule has 11 nitrogen and oxygen atoms in total. The van der Waals surface area contributed by atoms with Crippen molar-refractivity contribution in [3.63, 3.8) is 0 Å². The van der Waals surface area contributed by atoms with Crippen LogP contribution >= 0.6 is 0 Å². The lowest BCUT2D eigenvalue weighted by molar-refractivity contribution is -0.292. The minimum Gasteiger partial charge on any atom is -0.387 e. The first-order valence-corrected chi connectivity index (χ1v) is 13.0. The summed E-state index contributed by atoms with van der Waals surface area (Å²) in [5.74, 6) is 0. The van der Waals surface area contributed by atoms with Gasteiger partial charge in [0, 0.05) is 6.61 Å². The molecule has 2 rings (SSSR count). The van der Waals surface area contributed by atoms with E-state index in [9.17, 15) is 46.0 Å². The van der Waals surface area contributed by atoms with Crippen LogP contribution in [0.15, 0.2) is 0 Å². The van der Waals surface area contributed by atoms with E-state index >= 15 is 0 Å². The van der Waals surface area contributed by atoms with Gasteiger partial charge in [0.2, 0.25) is 0 Å². The van der Waals surface area contributed by atoms with Crippen molar-refractivity contribution in [2.24, 2.45) is 0 Å². The Balaban J connectivity index is 1.78. The zero-order chi connectivity index (χ0) is 26.1. The second-order valence-electron chi connectivity index (χ2n) is 10.00. The Morgan fingerprint density at radius 1 is 0.400 bits per heavy atom. The third-order valence-corrected chi connectivity index (χ3v) is 7.24. The summed E-state index contributed by atoms with van der Waals surface area (Å²) in [5, 5.41) is 91.6. The van der Waals surface area contributed by atoms with Gasteiger partial charge in [-0.2, -0.15) is 0 Å². The van der Waals surface area contributed by atoms with Crippen molar-refractivity contribution in [2.75, 3.05) is 6.61 Å². The number of ether oxygens (including phenoxy) is 2. The lowest BCUT2D eigenvalue weighted by Gasteiger charge is -2.47. The van der Waals surface area contributed by atoms with Crippen LogP contribution in [-0.4, -0.2) is 126 Å². The first-order chi connectivity index (χ1) is 16.6. The van der Waals surface area contributed by atoms with Crippen molar-refractivity contribution in [2.45, 2.75) is 144 Å².